The van der Waals surface area contributed by atoms with Gasteiger partial charge in [0, 0.05) is 19.0 Å². The average Bonchev–Trinajstić information content (AvgIpc) is 3.26. The molecule has 0 unspecified atom stereocenters. The van der Waals surface area contributed by atoms with Gasteiger partial charge in [-0.15, -0.1) is 11.3 Å². The van der Waals surface area contributed by atoms with Gasteiger partial charge in [0.15, 0.2) is 5.75 Å². The van der Waals surface area contributed by atoms with Crippen LogP contribution in [0.3, 0.4) is 0 Å². The monoisotopic (exact) mass is 467 g/mol. The summed E-state index contributed by atoms with van der Waals surface area (Å²) in [4.78, 5) is 17.0. The fraction of sp³-hybridized carbons (Fsp3) is 0.476. The Labute approximate surface area is 187 Å². The summed E-state index contributed by atoms with van der Waals surface area (Å²) in [5, 5.41) is 11.4. The van der Waals surface area contributed by atoms with Gasteiger partial charge >= 0.3 is 0 Å². The molecule has 8 nitrogen and oxygen atoms in total. The first kappa shape index (κ1) is 23.5. The highest BCUT2D eigenvalue weighted by molar-refractivity contribution is 7.94. The van der Waals surface area contributed by atoms with E-state index in [1.54, 1.807) is 41.5 Å². The number of hydrogen-bond donors (Lipinski definition) is 2. The average molecular weight is 468 g/mol. The van der Waals surface area contributed by atoms with Gasteiger partial charge < -0.3 is 19.6 Å². The predicted octanol–water partition coefficient (Wildman–Crippen LogP) is 2.33. The van der Waals surface area contributed by atoms with E-state index in [2.05, 4.69) is 4.72 Å². The fourth-order valence-electron chi connectivity index (χ4n) is 3.51. The summed E-state index contributed by atoms with van der Waals surface area (Å²) in [5.41, 5.74) is 0.482. The number of nitrogens with one attached hydrogen (secondary N) is 1. The topological polar surface area (TPSA) is 99.2 Å². The van der Waals surface area contributed by atoms with Gasteiger partial charge in [0.05, 0.1) is 23.9 Å². The van der Waals surface area contributed by atoms with Crippen LogP contribution in [0.15, 0.2) is 39.9 Å². The van der Waals surface area contributed by atoms with Gasteiger partial charge in [0.1, 0.15) is 10.3 Å². The minimum Gasteiger partial charge on any atom is -0.486 e. The second-order valence-electron chi connectivity index (χ2n) is 8.10. The number of benzene rings is 1. The Kier molecular flexibility index (Phi) is 7.25. The summed E-state index contributed by atoms with van der Waals surface area (Å²) >= 11 is 1.11. The molecule has 2 N–H and O–H groups in total. The number of likely N-dealkylation sites (N-methyl/N-ethyl adjacent to an activating group) is 1. The molecule has 1 aromatic heterocycles. The number of carbonyl (C=O) groups is 1. The molecule has 0 bridgehead atoms. The smallest absolute Gasteiger partial charge is 0.271 e. The predicted molar refractivity (Wildman–Crippen MR) is 121 cm³/mol. The van der Waals surface area contributed by atoms with Crippen LogP contribution in [0, 0.1) is 5.92 Å². The van der Waals surface area contributed by atoms with Crippen molar-refractivity contribution in [2.45, 2.75) is 30.2 Å². The van der Waals surface area contributed by atoms with Gasteiger partial charge in [-0.05, 0) is 44.6 Å². The maximum Gasteiger partial charge on any atom is 0.271 e. The molecule has 0 spiro atoms. The lowest BCUT2D eigenvalue weighted by Gasteiger charge is -2.38. The van der Waals surface area contributed by atoms with E-state index in [1.807, 2.05) is 25.9 Å². The number of fused-ring (bicyclic) bond motifs is 1. The van der Waals surface area contributed by atoms with Gasteiger partial charge in [-0.1, -0.05) is 19.1 Å². The Morgan fingerprint density at radius 2 is 2.06 bits per heavy atom. The number of aliphatic hydroxyl groups excluding tert-OH is 1. The quantitative estimate of drug-likeness (QED) is 0.649. The van der Waals surface area contributed by atoms with Crippen LogP contribution in [-0.4, -0.2) is 75.2 Å². The van der Waals surface area contributed by atoms with Gasteiger partial charge in [-0.25, -0.2) is 8.42 Å². The zero-order chi connectivity index (χ0) is 22.8. The minimum atomic E-state index is -3.82. The Morgan fingerprint density at radius 3 is 2.68 bits per heavy atom. The number of ether oxygens (including phenoxy) is 1. The molecule has 1 aliphatic heterocycles. The van der Waals surface area contributed by atoms with E-state index in [4.69, 9.17) is 4.74 Å². The largest absolute Gasteiger partial charge is 0.486 e. The number of carbonyl (C=O) groups excluding carboxylic acids is 1. The molecule has 2 heterocycles. The molecule has 3 rings (SSSR count). The number of anilines is 1. The van der Waals surface area contributed by atoms with E-state index in [1.165, 1.54) is 6.07 Å². The summed E-state index contributed by atoms with van der Waals surface area (Å²) in [6.07, 6.45) is -0.289. The van der Waals surface area contributed by atoms with Crippen molar-refractivity contribution in [1.29, 1.82) is 0 Å². The number of sulfonamides is 1. The van der Waals surface area contributed by atoms with E-state index in [0.29, 0.717) is 13.1 Å². The van der Waals surface area contributed by atoms with E-state index in [0.717, 1.165) is 11.3 Å². The number of rotatable bonds is 7. The molecule has 0 fully saturated rings. The zero-order valence-electron chi connectivity index (χ0n) is 18.1. The van der Waals surface area contributed by atoms with Crippen molar-refractivity contribution in [3.8, 4) is 5.75 Å². The molecule has 10 heteroatoms. The number of aliphatic hydroxyl groups is 1. The molecule has 170 valence electrons. The molecular formula is C21H29N3O5S2. The summed E-state index contributed by atoms with van der Waals surface area (Å²) in [6, 6.07) is 7.65. The highest BCUT2D eigenvalue weighted by Gasteiger charge is 2.34. The molecule has 3 atom stereocenters. The van der Waals surface area contributed by atoms with Crippen LogP contribution in [0.2, 0.25) is 0 Å². The third-order valence-electron chi connectivity index (χ3n) is 5.24. The Bertz CT molecular complexity index is 1010. The lowest BCUT2D eigenvalue weighted by atomic mass is 9.99. The second-order valence-corrected chi connectivity index (χ2v) is 11.0. The van der Waals surface area contributed by atoms with Crippen LogP contribution in [0.4, 0.5) is 5.69 Å². The first-order valence-corrected chi connectivity index (χ1v) is 12.4. The van der Waals surface area contributed by atoms with Gasteiger partial charge in [0.25, 0.3) is 15.9 Å². The van der Waals surface area contributed by atoms with Crippen LogP contribution in [-0.2, 0) is 10.0 Å². The van der Waals surface area contributed by atoms with Crippen LogP contribution in [0.25, 0.3) is 0 Å². The first-order valence-electron chi connectivity index (χ1n) is 10.1. The summed E-state index contributed by atoms with van der Waals surface area (Å²) in [7, 11) is 0.0446. The lowest BCUT2D eigenvalue weighted by molar-refractivity contribution is 0.0366. The van der Waals surface area contributed by atoms with Crippen molar-refractivity contribution in [1.82, 2.24) is 9.80 Å². The first-order chi connectivity index (χ1) is 14.6. The molecule has 0 saturated heterocycles. The molecule has 0 saturated carbocycles. The highest BCUT2D eigenvalue weighted by atomic mass is 32.2. The molecule has 0 radical (unpaired) electrons. The van der Waals surface area contributed by atoms with E-state index in [-0.39, 0.29) is 51.8 Å². The molecular weight excluding hydrogens is 438 g/mol. The molecule has 0 aliphatic carbocycles. The normalized spacial score (nSPS) is 20.6. The number of hydrogen-bond acceptors (Lipinski definition) is 7. The summed E-state index contributed by atoms with van der Waals surface area (Å²) < 4.78 is 34.7. The van der Waals surface area contributed by atoms with E-state index < -0.39 is 10.0 Å². The molecule has 31 heavy (non-hydrogen) atoms. The third kappa shape index (κ3) is 5.20. The lowest BCUT2D eigenvalue weighted by Crippen LogP contribution is -2.49. The number of thiophene rings is 1. The van der Waals surface area contributed by atoms with Crippen molar-refractivity contribution < 1.29 is 23.1 Å². The Hall–Kier alpha value is -2.14. The fourth-order valence-corrected chi connectivity index (χ4v) is 5.57. The van der Waals surface area contributed by atoms with Crippen LogP contribution in [0.5, 0.6) is 5.75 Å². The number of nitrogens with zero attached hydrogens (tertiary/aromatic N) is 2. The van der Waals surface area contributed by atoms with E-state index in [9.17, 15) is 18.3 Å². The van der Waals surface area contributed by atoms with Crippen molar-refractivity contribution in [3.63, 3.8) is 0 Å². The van der Waals surface area contributed by atoms with Crippen molar-refractivity contribution in [3.05, 3.63) is 41.3 Å². The van der Waals surface area contributed by atoms with E-state index >= 15 is 0 Å². The SMILES string of the molecule is C[C@@H]1CN([C@@H](C)CO)C(=O)c2cccc(NS(=O)(=O)c3cccs3)c2O[C@H]1CN(C)C. The van der Waals surface area contributed by atoms with Gasteiger partial charge in [0.2, 0.25) is 0 Å². The Balaban J connectivity index is 2.09. The van der Waals surface area contributed by atoms with Crippen LogP contribution in [0.1, 0.15) is 24.2 Å². The zero-order valence-corrected chi connectivity index (χ0v) is 19.7. The summed E-state index contributed by atoms with van der Waals surface area (Å²) in [6.45, 7) is 4.61. The molecule has 1 aromatic carbocycles. The van der Waals surface area contributed by atoms with Crippen LogP contribution < -0.4 is 9.46 Å². The Morgan fingerprint density at radius 1 is 1.32 bits per heavy atom. The van der Waals surface area contributed by atoms with Crippen molar-refractivity contribution in [2.24, 2.45) is 5.92 Å². The number of amides is 1. The molecule has 1 aliphatic rings. The van der Waals surface area contributed by atoms with Crippen molar-refractivity contribution >= 4 is 33.0 Å². The minimum absolute atomic E-state index is 0.0459. The van der Waals surface area contributed by atoms with Gasteiger partial charge in [-0.2, -0.15) is 0 Å². The van der Waals surface area contributed by atoms with Crippen LogP contribution >= 0.6 is 11.3 Å². The second kappa shape index (κ2) is 9.56. The third-order valence-corrected chi connectivity index (χ3v) is 8.00. The molecule has 2 aromatic rings. The maximum absolute atomic E-state index is 13.4. The number of para-hydroxylation sites is 1. The highest BCUT2D eigenvalue weighted by Crippen LogP contribution is 2.36. The summed E-state index contributed by atoms with van der Waals surface area (Å²) in [5.74, 6) is -0.138. The van der Waals surface area contributed by atoms with Crippen molar-refractivity contribution in [2.75, 3.05) is 38.5 Å². The molecule has 1 amide bonds. The van der Waals surface area contributed by atoms with Gasteiger partial charge in [-0.3, -0.25) is 9.52 Å². The maximum atomic E-state index is 13.4. The standard InChI is InChI=1S/C21H29N3O5S2/c1-14-11-24(15(2)13-25)21(26)16-7-5-8-17(20(16)29-18(14)12-23(3)4)22-31(27,28)19-9-6-10-30-19/h5-10,14-15,18,22,25H,11-13H2,1-4H3/t14-,15+,18+/m1/s1.